The van der Waals surface area contributed by atoms with E-state index in [1.54, 1.807) is 0 Å². The zero-order chi connectivity index (χ0) is 8.08. The second-order valence-corrected chi connectivity index (χ2v) is 2.58. The van der Waals surface area contributed by atoms with Crippen LogP contribution in [0.1, 0.15) is 0 Å². The summed E-state index contributed by atoms with van der Waals surface area (Å²) in [6.45, 7) is 0. The third kappa shape index (κ3) is 302. The molecule has 0 bridgehead atoms. The first-order valence-electron chi connectivity index (χ1n) is 1.26. The summed E-state index contributed by atoms with van der Waals surface area (Å²) < 4.78 is 33.2. The third-order valence-corrected chi connectivity index (χ3v) is 0. The maximum Gasteiger partial charge on any atom is 0.433 e. The molecule has 0 aromatic rings. The minimum absolute atomic E-state index is 0. The smallest absolute Gasteiger partial charge is 0.372 e. The predicted octanol–water partition coefficient (Wildman–Crippen LogP) is -4.51. The van der Waals surface area contributed by atoms with Gasteiger partial charge in [0.15, 0.2) is 0 Å². The van der Waals surface area contributed by atoms with Crippen molar-refractivity contribution in [1.29, 1.82) is 0 Å². The van der Waals surface area contributed by atoms with Crippen LogP contribution in [0.4, 0.5) is 0 Å². The van der Waals surface area contributed by atoms with Gasteiger partial charge in [0.2, 0.25) is 0 Å². The summed E-state index contributed by atoms with van der Waals surface area (Å²) in [7, 11) is -4.64. The molecule has 11 heteroatoms. The zero-order valence-corrected chi connectivity index (χ0v) is 7.78. The molecule has 0 saturated heterocycles. The molecular weight excluding hydrogens is 302 g/mol. The molecule has 0 rings (SSSR count). The van der Waals surface area contributed by atoms with Crippen LogP contribution in [0, 0.1) is 14.8 Å². The van der Waals surface area contributed by atoms with Crippen LogP contribution in [0.3, 0.4) is 0 Å². The standard InChI is InChI=1S/BrHO3.Fe.Na.H3O4P.H/c2-1(3)4;;;1-5(2,3)4;/h2H;;;(H3,1,2,3,4);. The van der Waals surface area contributed by atoms with Gasteiger partial charge in [-0.15, -0.1) is 0 Å². The largest absolute Gasteiger partial charge is 0.433 e. The first kappa shape index (κ1) is 23.1. The van der Waals surface area contributed by atoms with Crippen LogP contribution in [-0.2, 0) is 21.6 Å². The minimum Gasteiger partial charge on any atom is -0.372 e. The van der Waals surface area contributed by atoms with E-state index >= 15 is 0 Å². The molecule has 0 radical (unpaired) electrons. The van der Waals surface area contributed by atoms with E-state index in [4.69, 9.17) is 31.8 Å². The van der Waals surface area contributed by atoms with Crippen LogP contribution in [0.15, 0.2) is 0 Å². The summed E-state index contributed by atoms with van der Waals surface area (Å²) in [5.74, 6) is 0. The number of phosphoric acid groups is 1. The van der Waals surface area contributed by atoms with Gasteiger partial charge < -0.3 is 23.1 Å². The summed E-state index contributed by atoms with van der Waals surface area (Å²) in [4.78, 5) is 21.6. The van der Waals surface area contributed by atoms with Gasteiger partial charge in [-0.25, -0.2) is 4.57 Å². The Kier molecular flexibility index (Phi) is 25.2. The molecule has 0 aliphatic carbocycles. The Morgan fingerprint density at radius 1 is 1.18 bits per heavy atom. The molecular formula is H5BrFeNaO7P. The van der Waals surface area contributed by atoms with Gasteiger partial charge in [0, 0.05) is 17.1 Å². The molecule has 68 valence electrons. The molecule has 0 saturated carbocycles. The Balaban J connectivity index is -0.0000000383. The molecule has 0 aromatic heterocycles. The number of hydrogen-bond donors (Lipinski definition) is 4. The molecule has 4 N–H and O–H groups in total. The quantitative estimate of drug-likeness (QED) is 0.261. The van der Waals surface area contributed by atoms with Gasteiger partial charge in [-0.2, -0.15) is 0 Å². The van der Waals surface area contributed by atoms with E-state index in [0.29, 0.717) is 0 Å². The van der Waals surface area contributed by atoms with Crippen molar-refractivity contribution in [2.24, 2.45) is 0 Å². The van der Waals surface area contributed by atoms with Crippen molar-refractivity contribution < 1.29 is 63.7 Å². The van der Waals surface area contributed by atoms with E-state index in [1.165, 1.54) is 0 Å². The van der Waals surface area contributed by atoms with E-state index in [2.05, 4.69) is 0 Å². The van der Waals surface area contributed by atoms with E-state index < -0.39 is 22.6 Å². The molecule has 0 fully saturated rings. The Hall–Kier alpha value is 1.99. The fourth-order valence-electron chi connectivity index (χ4n) is 0. The third-order valence-electron chi connectivity index (χ3n) is 0. The maximum atomic E-state index is 8.88. The van der Waals surface area contributed by atoms with Crippen LogP contribution in [0.25, 0.3) is 0 Å². The summed E-state index contributed by atoms with van der Waals surface area (Å²) >= 11 is -3.40. The van der Waals surface area contributed by atoms with E-state index in [1.807, 2.05) is 0 Å². The summed E-state index contributed by atoms with van der Waals surface area (Å²) in [6.07, 6.45) is 0. The average Bonchev–Trinajstić information content (AvgIpc) is 1.19. The van der Waals surface area contributed by atoms with Crippen LogP contribution in [0.2, 0.25) is 0 Å². The van der Waals surface area contributed by atoms with Crippen molar-refractivity contribution in [2.45, 2.75) is 0 Å². The number of halogens is 1. The Bertz CT molecular complexity index is 89.6. The minimum atomic E-state index is -4.64. The second kappa shape index (κ2) is 12.0. The molecule has 0 atom stereocenters. The summed E-state index contributed by atoms with van der Waals surface area (Å²) in [6, 6.07) is 0. The Morgan fingerprint density at radius 2 is 1.18 bits per heavy atom. The van der Waals surface area contributed by atoms with Crippen molar-refractivity contribution in [2.75, 3.05) is 0 Å². The van der Waals surface area contributed by atoms with Crippen molar-refractivity contribution >= 4 is 37.4 Å². The molecule has 0 aliphatic rings. The van der Waals surface area contributed by atoms with Gasteiger partial charge in [-0.1, -0.05) is 0 Å². The van der Waals surface area contributed by atoms with Crippen LogP contribution < -0.4 is 8.40 Å². The SMILES string of the molecule is O=P(O)(O)O.[Fe].[NaH].[O-][Br+2]([O-])O. The first-order chi connectivity index (χ1) is 3.73. The van der Waals surface area contributed by atoms with Gasteiger partial charge in [-0.3, -0.25) is 0 Å². The van der Waals surface area contributed by atoms with Gasteiger partial charge in [0.1, 0.15) is 0 Å². The fraction of sp³-hybridized carbons (Fsp3) is 0. The maximum absolute atomic E-state index is 8.88. The monoisotopic (exact) mass is 306 g/mol. The molecule has 0 aromatic carbocycles. The number of rotatable bonds is 0. The molecule has 0 spiro atoms. The topological polar surface area (TPSA) is 144 Å². The number of hydrogen-bond acceptors (Lipinski definition) is 4. The van der Waals surface area contributed by atoms with Gasteiger partial charge in [0.05, 0.1) is 0 Å². The first-order valence-corrected chi connectivity index (χ1v) is 4.83. The molecule has 0 aliphatic heterocycles. The van der Waals surface area contributed by atoms with E-state index in [-0.39, 0.29) is 46.6 Å². The molecule has 0 heterocycles. The Morgan fingerprint density at radius 3 is 1.18 bits per heavy atom. The Labute approximate surface area is 100 Å². The second-order valence-electron chi connectivity index (χ2n) is 0.714. The molecule has 0 unspecified atom stereocenters. The van der Waals surface area contributed by atoms with E-state index in [0.717, 1.165) is 0 Å². The van der Waals surface area contributed by atoms with Crippen molar-refractivity contribution in [1.82, 2.24) is 0 Å². The van der Waals surface area contributed by atoms with Gasteiger partial charge >= 0.3 is 52.2 Å². The molecule has 11 heavy (non-hydrogen) atoms. The van der Waals surface area contributed by atoms with Crippen molar-refractivity contribution in [3.05, 3.63) is 0 Å². The predicted molar refractivity (Wildman–Crippen MR) is 23.6 cm³/mol. The zero-order valence-electron chi connectivity index (χ0n) is 4.19. The molecule has 7 nitrogen and oxygen atoms in total. The van der Waals surface area contributed by atoms with Crippen LogP contribution in [-0.4, -0.2) is 48.4 Å². The van der Waals surface area contributed by atoms with E-state index in [9.17, 15) is 0 Å². The van der Waals surface area contributed by atoms with Crippen LogP contribution in [0.5, 0.6) is 0 Å². The van der Waals surface area contributed by atoms with Gasteiger partial charge in [-0.05, 0) is 4.20 Å². The van der Waals surface area contributed by atoms with Crippen molar-refractivity contribution in [3.63, 3.8) is 0 Å². The van der Waals surface area contributed by atoms with Crippen molar-refractivity contribution in [3.8, 4) is 0 Å². The van der Waals surface area contributed by atoms with Gasteiger partial charge in [0.25, 0.3) is 0 Å². The fourth-order valence-corrected chi connectivity index (χ4v) is 0. The van der Waals surface area contributed by atoms with Crippen LogP contribution >= 0.6 is 7.82 Å². The summed E-state index contributed by atoms with van der Waals surface area (Å²) in [5, 5.41) is 0. The molecule has 0 amide bonds. The average molecular weight is 307 g/mol. The summed E-state index contributed by atoms with van der Waals surface area (Å²) in [5.41, 5.74) is 0. The normalized spacial score (nSPS) is 8.64.